The summed E-state index contributed by atoms with van der Waals surface area (Å²) in [5, 5.41) is 18.3. The summed E-state index contributed by atoms with van der Waals surface area (Å²) in [5.41, 5.74) is 4.10. The van der Waals surface area contributed by atoms with E-state index < -0.39 is 0 Å². The highest BCUT2D eigenvalue weighted by Crippen LogP contribution is 2.29. The van der Waals surface area contributed by atoms with E-state index in [-0.39, 0.29) is 16.7 Å². The number of hydrogen-bond donors (Lipinski definition) is 2. The lowest BCUT2D eigenvalue weighted by molar-refractivity contribution is 0.0955. The molecular weight excluding hydrogens is 375 g/mol. The van der Waals surface area contributed by atoms with Gasteiger partial charge in [-0.05, 0) is 35.9 Å². The Morgan fingerprint density at radius 3 is 2.88 bits per heavy atom. The van der Waals surface area contributed by atoms with Crippen molar-refractivity contribution >= 4 is 35.3 Å². The number of phenolic OH excluding ortho intramolecular Hbond substituents is 1. The molecule has 132 valence electrons. The molecule has 6 nitrogen and oxygen atoms in total. The Morgan fingerprint density at radius 1 is 1.27 bits per heavy atom. The fourth-order valence-electron chi connectivity index (χ4n) is 2.30. The SMILES string of the molecule is O=C(N/N=C\c1cc(Cl)cc(Cl)c1O)c1cccc(Cn2cccn2)c1. The normalized spacial score (nSPS) is 11.0. The Morgan fingerprint density at radius 2 is 2.12 bits per heavy atom. The van der Waals surface area contributed by atoms with E-state index in [0.29, 0.717) is 22.7 Å². The van der Waals surface area contributed by atoms with Crippen LogP contribution in [0.2, 0.25) is 10.0 Å². The van der Waals surface area contributed by atoms with Crippen LogP contribution in [0.3, 0.4) is 0 Å². The number of rotatable bonds is 5. The predicted octanol–water partition coefficient (Wildman–Crippen LogP) is 3.71. The fourth-order valence-corrected chi connectivity index (χ4v) is 2.81. The average molecular weight is 389 g/mol. The highest BCUT2D eigenvalue weighted by atomic mass is 35.5. The van der Waals surface area contributed by atoms with Crippen molar-refractivity contribution in [2.45, 2.75) is 6.54 Å². The second kappa shape index (κ2) is 8.03. The van der Waals surface area contributed by atoms with Gasteiger partial charge in [0.1, 0.15) is 5.75 Å². The van der Waals surface area contributed by atoms with Crippen molar-refractivity contribution in [3.05, 3.63) is 81.6 Å². The van der Waals surface area contributed by atoms with Gasteiger partial charge in [0.2, 0.25) is 0 Å². The number of carbonyl (C=O) groups is 1. The Kier molecular flexibility index (Phi) is 5.55. The van der Waals surface area contributed by atoms with Crippen molar-refractivity contribution in [1.29, 1.82) is 0 Å². The summed E-state index contributed by atoms with van der Waals surface area (Å²) >= 11 is 11.7. The number of phenols is 1. The minimum absolute atomic E-state index is 0.108. The number of benzene rings is 2. The van der Waals surface area contributed by atoms with Crippen LogP contribution in [0.5, 0.6) is 5.75 Å². The molecule has 1 heterocycles. The number of carbonyl (C=O) groups excluding carboxylic acids is 1. The van der Waals surface area contributed by atoms with Crippen molar-refractivity contribution in [3.63, 3.8) is 0 Å². The summed E-state index contributed by atoms with van der Waals surface area (Å²) < 4.78 is 1.76. The van der Waals surface area contributed by atoms with Crippen molar-refractivity contribution in [1.82, 2.24) is 15.2 Å². The molecule has 0 saturated heterocycles. The second-order valence-electron chi connectivity index (χ2n) is 5.43. The first-order chi connectivity index (χ1) is 12.5. The fraction of sp³-hybridized carbons (Fsp3) is 0.0556. The first-order valence-corrected chi connectivity index (χ1v) is 8.36. The number of aromatic nitrogens is 2. The number of nitrogens with zero attached hydrogens (tertiary/aromatic N) is 3. The van der Waals surface area contributed by atoms with Crippen LogP contribution in [0.25, 0.3) is 0 Å². The highest BCUT2D eigenvalue weighted by Gasteiger charge is 2.08. The van der Waals surface area contributed by atoms with Crippen LogP contribution in [0, 0.1) is 0 Å². The van der Waals surface area contributed by atoms with Gasteiger partial charge in [0, 0.05) is 28.5 Å². The van der Waals surface area contributed by atoms with E-state index in [0.717, 1.165) is 5.56 Å². The lowest BCUT2D eigenvalue weighted by Gasteiger charge is -2.05. The predicted molar refractivity (Wildman–Crippen MR) is 101 cm³/mol. The first-order valence-electron chi connectivity index (χ1n) is 7.61. The molecule has 0 fully saturated rings. The van der Waals surface area contributed by atoms with Crippen LogP contribution in [0.15, 0.2) is 60.0 Å². The van der Waals surface area contributed by atoms with Crippen LogP contribution < -0.4 is 5.43 Å². The molecule has 1 amide bonds. The zero-order valence-electron chi connectivity index (χ0n) is 13.4. The monoisotopic (exact) mass is 388 g/mol. The molecule has 2 N–H and O–H groups in total. The zero-order chi connectivity index (χ0) is 18.5. The van der Waals surface area contributed by atoms with E-state index in [2.05, 4.69) is 15.6 Å². The second-order valence-corrected chi connectivity index (χ2v) is 6.27. The standard InChI is InChI=1S/C18H14Cl2N4O2/c19-15-8-14(17(25)16(20)9-15)10-21-23-18(26)13-4-1-3-12(7-13)11-24-6-2-5-22-24/h1-10,25H,11H2,(H,23,26)/b21-10-. The molecule has 0 aliphatic carbocycles. The minimum atomic E-state index is -0.379. The van der Waals surface area contributed by atoms with Gasteiger partial charge < -0.3 is 5.11 Å². The maximum absolute atomic E-state index is 12.2. The molecule has 8 heteroatoms. The first kappa shape index (κ1) is 18.0. The maximum Gasteiger partial charge on any atom is 0.271 e. The quantitative estimate of drug-likeness (QED) is 0.516. The summed E-state index contributed by atoms with van der Waals surface area (Å²) in [6, 6.07) is 11.9. The topological polar surface area (TPSA) is 79.5 Å². The number of hydrazone groups is 1. The molecule has 3 rings (SSSR count). The molecule has 3 aromatic rings. The molecule has 0 aliphatic heterocycles. The van der Waals surface area contributed by atoms with Crippen molar-refractivity contribution in [2.24, 2.45) is 5.10 Å². The lowest BCUT2D eigenvalue weighted by Crippen LogP contribution is -2.18. The van der Waals surface area contributed by atoms with E-state index in [1.807, 2.05) is 18.3 Å². The Balaban J connectivity index is 1.69. The molecule has 0 atom stereocenters. The summed E-state index contributed by atoms with van der Waals surface area (Å²) in [4.78, 5) is 12.2. The van der Waals surface area contributed by atoms with Crippen molar-refractivity contribution in [2.75, 3.05) is 0 Å². The number of nitrogens with one attached hydrogen (secondary N) is 1. The molecule has 0 saturated carbocycles. The molecule has 0 spiro atoms. The van der Waals surface area contributed by atoms with Crippen LogP contribution in [0.1, 0.15) is 21.5 Å². The van der Waals surface area contributed by atoms with Gasteiger partial charge in [-0.25, -0.2) is 5.43 Å². The molecule has 2 aromatic carbocycles. The van der Waals surface area contributed by atoms with E-state index in [1.165, 1.54) is 18.3 Å². The number of amides is 1. The van der Waals surface area contributed by atoms with Crippen LogP contribution in [0.4, 0.5) is 0 Å². The zero-order valence-corrected chi connectivity index (χ0v) is 14.9. The summed E-state index contributed by atoms with van der Waals surface area (Å²) in [5.74, 6) is -0.536. The van der Waals surface area contributed by atoms with Gasteiger partial charge in [0.25, 0.3) is 5.91 Å². The number of halogens is 2. The van der Waals surface area contributed by atoms with Gasteiger partial charge in [0.15, 0.2) is 0 Å². The molecular formula is C18H14Cl2N4O2. The summed E-state index contributed by atoms with van der Waals surface area (Å²) in [7, 11) is 0. The third-order valence-electron chi connectivity index (χ3n) is 3.52. The van der Waals surface area contributed by atoms with Crippen LogP contribution in [-0.2, 0) is 6.54 Å². The van der Waals surface area contributed by atoms with Gasteiger partial charge in [-0.1, -0.05) is 35.3 Å². The third kappa shape index (κ3) is 4.41. The summed E-state index contributed by atoms with van der Waals surface area (Å²) in [6.45, 7) is 0.562. The Labute approximate surface area is 159 Å². The van der Waals surface area contributed by atoms with Gasteiger partial charge >= 0.3 is 0 Å². The highest BCUT2D eigenvalue weighted by molar-refractivity contribution is 6.36. The molecule has 0 radical (unpaired) electrons. The lowest BCUT2D eigenvalue weighted by atomic mass is 10.1. The summed E-state index contributed by atoms with van der Waals surface area (Å²) in [6.07, 6.45) is 4.82. The Bertz CT molecular complexity index is 956. The molecule has 26 heavy (non-hydrogen) atoms. The van der Waals surface area contributed by atoms with Crippen LogP contribution in [-0.4, -0.2) is 27.0 Å². The Hall–Kier alpha value is -2.83. The van der Waals surface area contributed by atoms with Crippen LogP contribution >= 0.6 is 23.2 Å². The average Bonchev–Trinajstić information content (AvgIpc) is 3.12. The smallest absolute Gasteiger partial charge is 0.271 e. The van der Waals surface area contributed by atoms with Gasteiger partial charge in [-0.15, -0.1) is 0 Å². The van der Waals surface area contributed by atoms with E-state index in [1.54, 1.807) is 29.1 Å². The van der Waals surface area contributed by atoms with E-state index >= 15 is 0 Å². The number of hydrogen-bond acceptors (Lipinski definition) is 4. The maximum atomic E-state index is 12.2. The van der Waals surface area contributed by atoms with Gasteiger partial charge in [-0.3, -0.25) is 9.48 Å². The van der Waals surface area contributed by atoms with E-state index in [9.17, 15) is 9.90 Å². The van der Waals surface area contributed by atoms with Crippen molar-refractivity contribution in [3.8, 4) is 5.75 Å². The van der Waals surface area contributed by atoms with E-state index in [4.69, 9.17) is 23.2 Å². The minimum Gasteiger partial charge on any atom is -0.506 e. The molecule has 1 aromatic heterocycles. The van der Waals surface area contributed by atoms with Crippen molar-refractivity contribution < 1.29 is 9.90 Å². The number of aromatic hydroxyl groups is 1. The molecule has 0 bridgehead atoms. The van der Waals surface area contributed by atoms with Gasteiger partial charge in [0.05, 0.1) is 17.8 Å². The van der Waals surface area contributed by atoms with Gasteiger partial charge in [-0.2, -0.15) is 10.2 Å². The third-order valence-corrected chi connectivity index (χ3v) is 4.03. The molecule has 0 unspecified atom stereocenters. The molecule has 0 aliphatic rings. The largest absolute Gasteiger partial charge is 0.506 e.